The summed E-state index contributed by atoms with van der Waals surface area (Å²) in [5.74, 6) is 1.57. The molecule has 8 heteroatoms. The highest BCUT2D eigenvalue weighted by atomic mass is 35.5. The average molecular weight is 409 g/mol. The molecule has 6 nitrogen and oxygen atoms in total. The van der Waals surface area contributed by atoms with E-state index in [1.165, 1.54) is 0 Å². The zero-order valence-corrected chi connectivity index (χ0v) is 17.2. The van der Waals surface area contributed by atoms with Crippen molar-refractivity contribution in [2.24, 2.45) is 5.92 Å². The van der Waals surface area contributed by atoms with Crippen LogP contribution in [0.15, 0.2) is 24.3 Å². The van der Waals surface area contributed by atoms with E-state index in [4.69, 9.17) is 11.6 Å². The Labute approximate surface area is 169 Å². The van der Waals surface area contributed by atoms with Gasteiger partial charge in [0.05, 0.1) is 12.6 Å². The summed E-state index contributed by atoms with van der Waals surface area (Å²) in [6, 6.07) is 7.44. The summed E-state index contributed by atoms with van der Waals surface area (Å²) >= 11 is 7.96. The highest BCUT2D eigenvalue weighted by Crippen LogP contribution is 2.39. The summed E-state index contributed by atoms with van der Waals surface area (Å²) < 4.78 is 0. The number of halogens is 1. The lowest BCUT2D eigenvalue weighted by atomic mass is 10.0. The summed E-state index contributed by atoms with van der Waals surface area (Å²) in [5.41, 5.74) is 4.17. The van der Waals surface area contributed by atoms with Gasteiger partial charge in [-0.05, 0) is 36.1 Å². The highest BCUT2D eigenvalue weighted by Gasteiger charge is 2.55. The first kappa shape index (κ1) is 18.9. The van der Waals surface area contributed by atoms with Crippen molar-refractivity contribution >= 4 is 35.3 Å². The zero-order chi connectivity index (χ0) is 19.1. The molecule has 146 valence electrons. The maximum Gasteiger partial charge on any atom is 0.337 e. The van der Waals surface area contributed by atoms with E-state index in [-0.39, 0.29) is 23.2 Å². The third-order valence-corrected chi connectivity index (χ3v) is 7.17. The van der Waals surface area contributed by atoms with Crippen LogP contribution in [0, 0.1) is 5.92 Å². The van der Waals surface area contributed by atoms with Crippen LogP contribution in [-0.4, -0.2) is 56.6 Å². The van der Waals surface area contributed by atoms with Gasteiger partial charge in [0.25, 0.3) is 0 Å². The van der Waals surface area contributed by atoms with Crippen molar-refractivity contribution < 1.29 is 9.59 Å². The third kappa shape index (κ3) is 3.41. The molecule has 1 aromatic carbocycles. The van der Waals surface area contributed by atoms with E-state index < -0.39 is 6.29 Å². The van der Waals surface area contributed by atoms with Crippen molar-refractivity contribution in [3.63, 3.8) is 0 Å². The highest BCUT2D eigenvalue weighted by molar-refractivity contribution is 8.00. The third-order valence-electron chi connectivity index (χ3n) is 5.46. The van der Waals surface area contributed by atoms with Crippen molar-refractivity contribution in [2.75, 3.05) is 12.3 Å². The number of amides is 3. The van der Waals surface area contributed by atoms with E-state index in [2.05, 4.69) is 19.3 Å². The van der Waals surface area contributed by atoms with Gasteiger partial charge in [0.1, 0.15) is 5.25 Å². The monoisotopic (exact) mass is 408 g/mol. The minimum atomic E-state index is -0.397. The van der Waals surface area contributed by atoms with Crippen molar-refractivity contribution in [2.45, 2.75) is 50.8 Å². The predicted molar refractivity (Wildman–Crippen MR) is 107 cm³/mol. The SMILES string of the molecule is CC(C)CCN1C(=O)C2SCCC2N2C(=O)N(Cc3ccccc3Cl)NC12. The van der Waals surface area contributed by atoms with Crippen LogP contribution in [0.5, 0.6) is 0 Å². The number of nitrogens with zero attached hydrogens (tertiary/aromatic N) is 3. The Morgan fingerprint density at radius 3 is 2.81 bits per heavy atom. The molecule has 1 N–H and O–H groups in total. The fourth-order valence-electron chi connectivity index (χ4n) is 3.97. The van der Waals surface area contributed by atoms with Crippen molar-refractivity contribution in [3.8, 4) is 0 Å². The number of carbonyl (C=O) groups excluding carboxylic acids is 2. The molecule has 1 aromatic rings. The minimum Gasteiger partial charge on any atom is -0.307 e. The van der Waals surface area contributed by atoms with E-state index in [0.29, 0.717) is 24.0 Å². The number of urea groups is 1. The first-order chi connectivity index (χ1) is 13.0. The molecule has 3 heterocycles. The molecular formula is C19H25ClN4O2S. The maximum absolute atomic E-state index is 13.2. The van der Waals surface area contributed by atoms with E-state index in [0.717, 1.165) is 24.2 Å². The number of benzene rings is 1. The lowest BCUT2D eigenvalue weighted by molar-refractivity contribution is -0.144. The van der Waals surface area contributed by atoms with Crippen LogP contribution >= 0.6 is 23.4 Å². The van der Waals surface area contributed by atoms with Gasteiger partial charge in [0, 0.05) is 11.6 Å². The lowest BCUT2D eigenvalue weighted by Crippen LogP contribution is -2.66. The van der Waals surface area contributed by atoms with E-state index in [1.807, 2.05) is 34.1 Å². The Bertz CT molecular complexity index is 746. The summed E-state index contributed by atoms with van der Waals surface area (Å²) in [5, 5.41) is 2.10. The first-order valence-electron chi connectivity index (χ1n) is 9.49. The minimum absolute atomic E-state index is 0.0287. The molecule has 0 aliphatic carbocycles. The van der Waals surface area contributed by atoms with Gasteiger partial charge >= 0.3 is 6.03 Å². The van der Waals surface area contributed by atoms with Gasteiger partial charge in [-0.3, -0.25) is 14.7 Å². The van der Waals surface area contributed by atoms with E-state index in [1.54, 1.807) is 16.8 Å². The summed E-state index contributed by atoms with van der Waals surface area (Å²) in [7, 11) is 0. The Morgan fingerprint density at radius 1 is 1.30 bits per heavy atom. The van der Waals surface area contributed by atoms with Gasteiger partial charge < -0.3 is 4.90 Å². The normalized spacial score (nSPS) is 27.6. The molecule has 3 unspecified atom stereocenters. The topological polar surface area (TPSA) is 55.9 Å². The van der Waals surface area contributed by atoms with Gasteiger partial charge in [-0.15, -0.1) is 11.8 Å². The number of hydrogen-bond donors (Lipinski definition) is 1. The summed E-state index contributed by atoms with van der Waals surface area (Å²) in [6.07, 6.45) is 1.38. The molecule has 3 fully saturated rings. The van der Waals surface area contributed by atoms with Gasteiger partial charge in [0.15, 0.2) is 6.29 Å². The molecule has 0 spiro atoms. The van der Waals surface area contributed by atoms with Gasteiger partial charge in [0.2, 0.25) is 5.91 Å². The van der Waals surface area contributed by atoms with Crippen molar-refractivity contribution in [1.29, 1.82) is 0 Å². The molecule has 3 saturated heterocycles. The second kappa shape index (κ2) is 7.53. The van der Waals surface area contributed by atoms with E-state index in [9.17, 15) is 9.59 Å². The molecule has 27 heavy (non-hydrogen) atoms. The lowest BCUT2D eigenvalue weighted by Gasteiger charge is -2.44. The van der Waals surface area contributed by atoms with Crippen molar-refractivity contribution in [1.82, 2.24) is 20.2 Å². The van der Waals surface area contributed by atoms with E-state index >= 15 is 0 Å². The average Bonchev–Trinajstić information content (AvgIpc) is 3.22. The number of hydrazine groups is 1. The molecule has 0 saturated carbocycles. The van der Waals surface area contributed by atoms with Crippen LogP contribution in [0.3, 0.4) is 0 Å². The molecule has 3 aliphatic rings. The fraction of sp³-hybridized carbons (Fsp3) is 0.579. The molecule has 3 aliphatic heterocycles. The Kier molecular flexibility index (Phi) is 5.27. The van der Waals surface area contributed by atoms with Gasteiger partial charge in [-0.1, -0.05) is 43.6 Å². The Morgan fingerprint density at radius 2 is 2.07 bits per heavy atom. The fourth-order valence-corrected chi connectivity index (χ4v) is 5.56. The molecule has 3 atom stereocenters. The molecule has 3 amide bonds. The smallest absolute Gasteiger partial charge is 0.307 e. The standard InChI is InChI=1S/C19H25ClN4O2S/c1-12(2)7-9-22-17(25)16-15(8-10-27-16)24-18(22)21-23(19(24)26)11-13-5-3-4-6-14(13)20/h3-6,12,15-16,18,21H,7-11H2,1-2H3. The summed E-state index contributed by atoms with van der Waals surface area (Å²) in [6.45, 7) is 5.33. The molecule has 4 rings (SSSR count). The van der Waals surface area contributed by atoms with Gasteiger partial charge in [-0.25, -0.2) is 4.79 Å². The van der Waals surface area contributed by atoms with Crippen LogP contribution in [0.2, 0.25) is 5.02 Å². The number of nitrogens with one attached hydrogen (secondary N) is 1. The Hall–Kier alpha value is -1.44. The number of rotatable bonds is 5. The predicted octanol–water partition coefficient (Wildman–Crippen LogP) is 3.13. The molecule has 0 bridgehead atoms. The van der Waals surface area contributed by atoms with Gasteiger partial charge in [-0.2, -0.15) is 5.43 Å². The van der Waals surface area contributed by atoms with Crippen LogP contribution < -0.4 is 5.43 Å². The van der Waals surface area contributed by atoms with Crippen LogP contribution in [-0.2, 0) is 11.3 Å². The zero-order valence-electron chi connectivity index (χ0n) is 15.6. The first-order valence-corrected chi connectivity index (χ1v) is 10.9. The molecular weight excluding hydrogens is 384 g/mol. The number of hydrogen-bond acceptors (Lipinski definition) is 4. The van der Waals surface area contributed by atoms with Crippen LogP contribution in [0.1, 0.15) is 32.3 Å². The number of carbonyl (C=O) groups is 2. The number of thioether (sulfide) groups is 1. The molecule has 0 aromatic heterocycles. The van der Waals surface area contributed by atoms with Crippen LogP contribution in [0.4, 0.5) is 4.79 Å². The molecule has 0 radical (unpaired) electrons. The largest absolute Gasteiger partial charge is 0.337 e. The van der Waals surface area contributed by atoms with Crippen LogP contribution in [0.25, 0.3) is 0 Å². The Balaban J connectivity index is 1.59. The maximum atomic E-state index is 13.2. The summed E-state index contributed by atoms with van der Waals surface area (Å²) in [4.78, 5) is 30.0. The second-order valence-corrected chi connectivity index (χ2v) is 9.39. The van der Waals surface area contributed by atoms with Crippen molar-refractivity contribution in [3.05, 3.63) is 34.9 Å². The quantitative estimate of drug-likeness (QED) is 0.813. The number of fused-ring (bicyclic) bond motifs is 3. The second-order valence-electron chi connectivity index (χ2n) is 7.73.